The second-order valence-corrected chi connectivity index (χ2v) is 4.52. The van der Waals surface area contributed by atoms with E-state index in [2.05, 4.69) is 0 Å². The van der Waals surface area contributed by atoms with Gasteiger partial charge in [0.15, 0.2) is 0 Å². The van der Waals surface area contributed by atoms with Gasteiger partial charge in [0.05, 0.1) is 0 Å². The van der Waals surface area contributed by atoms with Crippen molar-refractivity contribution < 1.29 is 14.3 Å². The average molecular weight is 237 g/mol. The second kappa shape index (κ2) is 4.73. The number of amides is 1. The molecule has 17 heavy (non-hydrogen) atoms. The van der Waals surface area contributed by atoms with Gasteiger partial charge in [0, 0.05) is 13.1 Å². The molecule has 1 heterocycles. The minimum atomic E-state index is -0.930. The van der Waals surface area contributed by atoms with Crippen LogP contribution in [0.2, 0.25) is 0 Å². The molecule has 0 saturated carbocycles. The summed E-state index contributed by atoms with van der Waals surface area (Å²) in [6.45, 7) is 2.79. The van der Waals surface area contributed by atoms with Gasteiger partial charge in [-0.3, -0.25) is 0 Å². The number of fused-ring (bicyclic) bond motifs is 1. The number of rotatable bonds is 1. The number of carbonyl (C=O) groups is 1. The quantitative estimate of drug-likeness (QED) is 0.815. The van der Waals surface area contributed by atoms with E-state index in [0.717, 1.165) is 12.0 Å². The summed E-state index contributed by atoms with van der Waals surface area (Å²) in [5.41, 5.74) is 1.48. The van der Waals surface area contributed by atoms with Crippen LogP contribution in [0.25, 0.3) is 0 Å². The highest BCUT2D eigenvalue weighted by molar-refractivity contribution is 5.65. The lowest BCUT2D eigenvalue weighted by Gasteiger charge is -2.20. The molecule has 2 rings (SSSR count). The first kappa shape index (κ1) is 11.9. The Morgan fingerprint density at radius 3 is 3.00 bits per heavy atom. The molecule has 1 aliphatic heterocycles. The summed E-state index contributed by atoms with van der Waals surface area (Å²) in [6.07, 6.45) is 0.556. The van der Waals surface area contributed by atoms with Gasteiger partial charge in [-0.15, -0.1) is 0 Å². The van der Waals surface area contributed by atoms with Gasteiger partial charge in [-0.05, 0) is 29.5 Å². The van der Waals surface area contributed by atoms with E-state index in [4.69, 9.17) is 5.11 Å². The van der Waals surface area contributed by atoms with E-state index in [0.29, 0.717) is 25.1 Å². The number of nitrogens with zero attached hydrogens (tertiary/aromatic N) is 1. The first-order valence-corrected chi connectivity index (χ1v) is 5.86. The fourth-order valence-corrected chi connectivity index (χ4v) is 2.33. The minimum Gasteiger partial charge on any atom is -0.465 e. The highest BCUT2D eigenvalue weighted by Crippen LogP contribution is 2.25. The fraction of sp³-hybridized carbons (Fsp3) is 0.462. The van der Waals surface area contributed by atoms with Gasteiger partial charge in [-0.1, -0.05) is 25.5 Å². The standard InChI is InChI=1S/C13H16FNO2/c1-2-9-6-11-10(4-3-5-12(11)14)8-15(7-9)13(16)17/h3-5,9H,2,6-8H2,1H3,(H,16,17). The third-order valence-corrected chi connectivity index (χ3v) is 3.40. The average Bonchev–Trinajstić information content (AvgIpc) is 2.49. The normalized spacial score (nSPS) is 19.6. The molecule has 0 radical (unpaired) electrons. The number of halogens is 1. The summed E-state index contributed by atoms with van der Waals surface area (Å²) in [6, 6.07) is 4.90. The van der Waals surface area contributed by atoms with Crippen LogP contribution in [0.3, 0.4) is 0 Å². The molecular weight excluding hydrogens is 221 g/mol. The van der Waals surface area contributed by atoms with E-state index in [1.165, 1.54) is 11.0 Å². The third kappa shape index (κ3) is 2.40. The molecule has 1 aromatic rings. The number of hydrogen-bond acceptors (Lipinski definition) is 1. The Hall–Kier alpha value is -1.58. The number of benzene rings is 1. The zero-order valence-corrected chi connectivity index (χ0v) is 9.82. The first-order chi connectivity index (χ1) is 8.11. The lowest BCUT2D eigenvalue weighted by molar-refractivity contribution is 0.135. The van der Waals surface area contributed by atoms with Crippen LogP contribution in [0, 0.1) is 11.7 Å². The Labute approximate surface area is 99.9 Å². The highest BCUT2D eigenvalue weighted by Gasteiger charge is 2.25. The molecule has 1 aromatic carbocycles. The van der Waals surface area contributed by atoms with E-state index in [1.807, 2.05) is 13.0 Å². The maximum absolute atomic E-state index is 13.7. The molecule has 1 amide bonds. The van der Waals surface area contributed by atoms with Crippen LogP contribution in [0.1, 0.15) is 24.5 Å². The largest absolute Gasteiger partial charge is 0.465 e. The summed E-state index contributed by atoms with van der Waals surface area (Å²) in [7, 11) is 0. The molecule has 4 heteroatoms. The lowest BCUT2D eigenvalue weighted by atomic mass is 9.95. The van der Waals surface area contributed by atoms with Crippen LogP contribution < -0.4 is 0 Å². The summed E-state index contributed by atoms with van der Waals surface area (Å²) < 4.78 is 13.7. The van der Waals surface area contributed by atoms with E-state index in [-0.39, 0.29) is 11.7 Å². The molecule has 0 aromatic heterocycles. The van der Waals surface area contributed by atoms with Crippen LogP contribution in [0.4, 0.5) is 9.18 Å². The minimum absolute atomic E-state index is 0.198. The molecular formula is C13H16FNO2. The molecule has 1 N–H and O–H groups in total. The molecule has 3 nitrogen and oxygen atoms in total. The van der Waals surface area contributed by atoms with Crippen molar-refractivity contribution in [2.75, 3.05) is 6.54 Å². The topological polar surface area (TPSA) is 40.5 Å². The van der Waals surface area contributed by atoms with Crippen LogP contribution in [-0.2, 0) is 13.0 Å². The van der Waals surface area contributed by atoms with Crippen LogP contribution >= 0.6 is 0 Å². The Kier molecular flexibility index (Phi) is 3.31. The van der Waals surface area contributed by atoms with Crippen molar-refractivity contribution in [2.45, 2.75) is 26.3 Å². The van der Waals surface area contributed by atoms with E-state index in [1.54, 1.807) is 6.07 Å². The van der Waals surface area contributed by atoms with Crippen molar-refractivity contribution in [3.63, 3.8) is 0 Å². The Balaban J connectivity index is 2.38. The van der Waals surface area contributed by atoms with Crippen molar-refractivity contribution in [1.29, 1.82) is 0 Å². The summed E-state index contributed by atoms with van der Waals surface area (Å²) in [4.78, 5) is 12.5. The van der Waals surface area contributed by atoms with Gasteiger partial charge < -0.3 is 10.0 Å². The number of hydrogen-bond donors (Lipinski definition) is 1. The molecule has 0 aliphatic carbocycles. The molecule has 92 valence electrons. The van der Waals surface area contributed by atoms with Gasteiger partial charge in [-0.2, -0.15) is 0 Å². The molecule has 1 atom stereocenters. The van der Waals surface area contributed by atoms with E-state index < -0.39 is 6.09 Å². The zero-order valence-electron chi connectivity index (χ0n) is 9.82. The van der Waals surface area contributed by atoms with Crippen LogP contribution in [-0.4, -0.2) is 22.6 Å². The lowest BCUT2D eigenvalue weighted by Crippen LogP contribution is -2.32. The van der Waals surface area contributed by atoms with E-state index in [9.17, 15) is 9.18 Å². The Morgan fingerprint density at radius 2 is 2.35 bits per heavy atom. The van der Waals surface area contributed by atoms with Crippen molar-refractivity contribution in [2.24, 2.45) is 5.92 Å². The second-order valence-electron chi connectivity index (χ2n) is 4.52. The molecule has 1 aliphatic rings. The van der Waals surface area contributed by atoms with Crippen molar-refractivity contribution in [3.8, 4) is 0 Å². The van der Waals surface area contributed by atoms with Crippen molar-refractivity contribution >= 4 is 6.09 Å². The predicted octanol–water partition coefficient (Wildman–Crippen LogP) is 2.89. The third-order valence-electron chi connectivity index (χ3n) is 3.40. The zero-order chi connectivity index (χ0) is 12.4. The van der Waals surface area contributed by atoms with Crippen molar-refractivity contribution in [1.82, 2.24) is 4.90 Å². The summed E-state index contributed by atoms with van der Waals surface area (Å²) in [5.74, 6) is -0.0163. The van der Waals surface area contributed by atoms with Crippen LogP contribution in [0.5, 0.6) is 0 Å². The van der Waals surface area contributed by atoms with Gasteiger partial charge >= 0.3 is 6.09 Å². The SMILES string of the molecule is CCC1Cc2c(F)cccc2CN(C(=O)O)C1. The maximum Gasteiger partial charge on any atom is 0.407 e. The van der Waals surface area contributed by atoms with Gasteiger partial charge in [0.25, 0.3) is 0 Å². The molecule has 0 bridgehead atoms. The van der Waals surface area contributed by atoms with E-state index >= 15 is 0 Å². The molecule has 0 spiro atoms. The summed E-state index contributed by atoms with van der Waals surface area (Å²) in [5, 5.41) is 9.10. The smallest absolute Gasteiger partial charge is 0.407 e. The van der Waals surface area contributed by atoms with Crippen molar-refractivity contribution in [3.05, 3.63) is 35.1 Å². The van der Waals surface area contributed by atoms with Gasteiger partial charge in [0.1, 0.15) is 5.82 Å². The molecule has 0 fully saturated rings. The Morgan fingerprint density at radius 1 is 1.59 bits per heavy atom. The maximum atomic E-state index is 13.7. The molecule has 1 unspecified atom stereocenters. The Bertz CT molecular complexity index is 433. The molecule has 0 saturated heterocycles. The summed E-state index contributed by atoms with van der Waals surface area (Å²) >= 11 is 0. The highest BCUT2D eigenvalue weighted by atomic mass is 19.1. The van der Waals surface area contributed by atoms with Gasteiger partial charge in [0.2, 0.25) is 0 Å². The van der Waals surface area contributed by atoms with Gasteiger partial charge in [-0.25, -0.2) is 9.18 Å². The van der Waals surface area contributed by atoms with Crippen LogP contribution in [0.15, 0.2) is 18.2 Å². The fourth-order valence-electron chi connectivity index (χ4n) is 2.33. The predicted molar refractivity (Wildman–Crippen MR) is 62.3 cm³/mol. The first-order valence-electron chi connectivity index (χ1n) is 5.86. The monoisotopic (exact) mass is 237 g/mol. The number of carboxylic acid groups (broad SMARTS) is 1.